The van der Waals surface area contributed by atoms with Crippen LogP contribution in [0, 0.1) is 17.8 Å². The first-order valence-electron chi connectivity index (χ1n) is 13.5. The van der Waals surface area contributed by atoms with Crippen molar-refractivity contribution in [1.82, 2.24) is 0 Å². The number of hydrogen-bond donors (Lipinski definition) is 3. The normalized spacial score (nSPS) is 27.2. The van der Waals surface area contributed by atoms with Gasteiger partial charge in [-0.3, -0.25) is 0 Å². The summed E-state index contributed by atoms with van der Waals surface area (Å²) in [5, 5.41) is 28.1. The molecule has 36 heavy (non-hydrogen) atoms. The van der Waals surface area contributed by atoms with Gasteiger partial charge in [-0.15, -0.1) is 0 Å². The van der Waals surface area contributed by atoms with Gasteiger partial charge in [-0.2, -0.15) is 0 Å². The Hall–Kier alpha value is -2.94. The number of phenols is 3. The fourth-order valence-corrected chi connectivity index (χ4v) is 6.11. The van der Waals surface area contributed by atoms with Crippen LogP contribution in [0.2, 0.25) is 0 Å². The molecule has 0 fully saturated rings. The predicted molar refractivity (Wildman–Crippen MR) is 148 cm³/mol. The maximum atomic E-state index is 9.57. The Balaban J connectivity index is 0.000000127. The van der Waals surface area contributed by atoms with E-state index in [1.54, 1.807) is 18.2 Å². The highest BCUT2D eigenvalue weighted by Crippen LogP contribution is 2.41. The Morgan fingerprint density at radius 2 is 1.08 bits per heavy atom. The molecule has 192 valence electrons. The van der Waals surface area contributed by atoms with Crippen molar-refractivity contribution in [2.75, 3.05) is 0 Å². The number of hydrogen-bond acceptors (Lipinski definition) is 3. The molecule has 0 saturated heterocycles. The summed E-state index contributed by atoms with van der Waals surface area (Å²) in [6, 6.07) is 17.3. The highest BCUT2D eigenvalue weighted by molar-refractivity contribution is 5.45. The lowest BCUT2D eigenvalue weighted by Gasteiger charge is -2.08. The van der Waals surface area contributed by atoms with E-state index in [-0.39, 0.29) is 0 Å². The van der Waals surface area contributed by atoms with Crippen molar-refractivity contribution in [3.8, 4) is 17.2 Å². The van der Waals surface area contributed by atoms with Gasteiger partial charge in [-0.1, -0.05) is 65.8 Å². The van der Waals surface area contributed by atoms with Crippen molar-refractivity contribution >= 4 is 0 Å². The van der Waals surface area contributed by atoms with Gasteiger partial charge < -0.3 is 15.3 Å². The van der Waals surface area contributed by atoms with Gasteiger partial charge in [0.15, 0.2) is 0 Å². The molecule has 0 aromatic heterocycles. The summed E-state index contributed by atoms with van der Waals surface area (Å²) in [5.74, 6) is 5.25. The van der Waals surface area contributed by atoms with Gasteiger partial charge in [0.05, 0.1) is 0 Å². The Morgan fingerprint density at radius 1 is 0.528 bits per heavy atom. The molecule has 6 rings (SSSR count). The first-order chi connectivity index (χ1) is 17.1. The third-order valence-corrected chi connectivity index (χ3v) is 9.09. The lowest BCUT2D eigenvalue weighted by molar-refractivity contribution is 0.465. The summed E-state index contributed by atoms with van der Waals surface area (Å²) in [6.45, 7) is 13.5. The molecule has 0 amide bonds. The van der Waals surface area contributed by atoms with Gasteiger partial charge in [0.25, 0.3) is 0 Å². The molecule has 0 bridgehead atoms. The number of rotatable bonds is 0. The van der Waals surface area contributed by atoms with Gasteiger partial charge >= 0.3 is 0 Å². The second-order valence-corrected chi connectivity index (χ2v) is 11.5. The second-order valence-electron chi connectivity index (χ2n) is 11.5. The van der Waals surface area contributed by atoms with Gasteiger partial charge in [-0.25, -0.2) is 0 Å². The van der Waals surface area contributed by atoms with E-state index in [2.05, 4.69) is 53.7 Å². The van der Waals surface area contributed by atoms with Crippen LogP contribution in [0.3, 0.4) is 0 Å². The number of fused-ring (bicyclic) bond motifs is 3. The quantitative estimate of drug-likeness (QED) is 0.301. The number of phenolic OH excluding ortho intramolecular Hbond substituents is 3. The van der Waals surface area contributed by atoms with Crippen molar-refractivity contribution in [1.29, 1.82) is 0 Å². The minimum Gasteiger partial charge on any atom is -0.508 e. The van der Waals surface area contributed by atoms with E-state index in [9.17, 15) is 15.3 Å². The summed E-state index contributed by atoms with van der Waals surface area (Å²) in [4.78, 5) is 0. The Bertz CT molecular complexity index is 1210. The SMILES string of the molecule is CC1Cc2c(O)cccc2C1C.CC1Cc2cc(O)ccc2C1C.CC1Cc2ccc(O)cc2C1C. The highest BCUT2D eigenvalue weighted by Gasteiger charge is 2.28. The van der Waals surface area contributed by atoms with Crippen molar-refractivity contribution < 1.29 is 15.3 Å². The average molecular weight is 487 g/mol. The standard InChI is InChI=1S/3C11H14O/c1-7-5-9-6-10(12)3-4-11(9)8(7)2;1-7-5-9-3-4-10(12)6-11(9)8(7)2;1-7-6-10-9(8(7)2)4-3-5-11(10)12/h2*3-4,6-8,12H,5H2,1-2H3;3-5,7-8,12H,6H2,1-2H3. The number of benzene rings is 3. The zero-order valence-electron chi connectivity index (χ0n) is 22.6. The highest BCUT2D eigenvalue weighted by atomic mass is 16.3. The smallest absolute Gasteiger partial charge is 0.119 e. The molecule has 0 saturated carbocycles. The zero-order valence-corrected chi connectivity index (χ0v) is 22.6. The van der Waals surface area contributed by atoms with Crippen LogP contribution in [-0.4, -0.2) is 15.3 Å². The first kappa shape index (κ1) is 26.1. The summed E-state index contributed by atoms with van der Waals surface area (Å²) < 4.78 is 0. The van der Waals surface area contributed by atoms with E-state index in [0.29, 0.717) is 40.9 Å². The maximum absolute atomic E-state index is 9.57. The summed E-state index contributed by atoms with van der Waals surface area (Å²) in [5.41, 5.74) is 7.99. The van der Waals surface area contributed by atoms with Crippen LogP contribution < -0.4 is 0 Å². The fraction of sp³-hybridized carbons (Fsp3) is 0.455. The van der Waals surface area contributed by atoms with E-state index >= 15 is 0 Å². The van der Waals surface area contributed by atoms with Gasteiger partial charge in [0.1, 0.15) is 17.2 Å². The maximum Gasteiger partial charge on any atom is 0.119 e. The minimum atomic E-state index is 0.398. The Kier molecular flexibility index (Phi) is 7.68. The van der Waals surface area contributed by atoms with Crippen LogP contribution in [0.1, 0.15) is 92.7 Å². The lowest BCUT2D eigenvalue weighted by Crippen LogP contribution is -1.97. The van der Waals surface area contributed by atoms with Gasteiger partial charge in [0, 0.05) is 0 Å². The molecule has 3 heteroatoms. The largest absolute Gasteiger partial charge is 0.508 e. The molecule has 3 aliphatic rings. The summed E-state index contributed by atoms with van der Waals surface area (Å²) in [6.07, 6.45) is 3.31. The molecule has 0 heterocycles. The fourth-order valence-electron chi connectivity index (χ4n) is 6.11. The van der Waals surface area contributed by atoms with E-state index < -0.39 is 0 Å². The second kappa shape index (κ2) is 10.6. The first-order valence-corrected chi connectivity index (χ1v) is 13.5. The molecule has 3 N–H and O–H groups in total. The van der Waals surface area contributed by atoms with E-state index in [1.807, 2.05) is 24.3 Å². The third kappa shape index (κ3) is 5.26. The Morgan fingerprint density at radius 3 is 1.78 bits per heavy atom. The van der Waals surface area contributed by atoms with Crippen LogP contribution in [0.15, 0.2) is 54.6 Å². The average Bonchev–Trinajstić information content (AvgIpc) is 3.41. The van der Waals surface area contributed by atoms with Crippen LogP contribution in [0.5, 0.6) is 17.2 Å². The monoisotopic (exact) mass is 486 g/mol. The topological polar surface area (TPSA) is 60.7 Å². The van der Waals surface area contributed by atoms with Crippen LogP contribution >= 0.6 is 0 Å². The van der Waals surface area contributed by atoms with E-state index in [0.717, 1.165) is 36.7 Å². The molecule has 6 unspecified atom stereocenters. The van der Waals surface area contributed by atoms with Crippen molar-refractivity contribution in [3.63, 3.8) is 0 Å². The van der Waals surface area contributed by atoms with Crippen molar-refractivity contribution in [2.45, 2.75) is 78.6 Å². The third-order valence-electron chi connectivity index (χ3n) is 9.09. The molecule has 3 aromatic rings. The van der Waals surface area contributed by atoms with Crippen LogP contribution in [0.4, 0.5) is 0 Å². The van der Waals surface area contributed by atoms with Crippen molar-refractivity contribution in [2.24, 2.45) is 17.8 Å². The molecule has 3 aromatic carbocycles. The number of aromatic hydroxyl groups is 3. The molecule has 0 radical (unpaired) electrons. The van der Waals surface area contributed by atoms with E-state index in [4.69, 9.17) is 0 Å². The van der Waals surface area contributed by atoms with Crippen LogP contribution in [0.25, 0.3) is 0 Å². The molecular weight excluding hydrogens is 444 g/mol. The summed E-state index contributed by atoms with van der Waals surface area (Å²) in [7, 11) is 0. The minimum absolute atomic E-state index is 0.398. The van der Waals surface area contributed by atoms with Crippen molar-refractivity contribution in [3.05, 3.63) is 88.0 Å². The molecule has 3 nitrogen and oxygen atoms in total. The van der Waals surface area contributed by atoms with E-state index in [1.165, 1.54) is 27.8 Å². The molecule has 0 aliphatic heterocycles. The lowest BCUT2D eigenvalue weighted by atomic mass is 9.97. The molecular formula is C33H42O3. The summed E-state index contributed by atoms with van der Waals surface area (Å²) >= 11 is 0. The Labute approximate surface area is 216 Å². The molecule has 6 atom stereocenters. The zero-order chi connectivity index (χ0) is 26.1. The van der Waals surface area contributed by atoms with Crippen LogP contribution in [-0.2, 0) is 19.3 Å². The molecule has 3 aliphatic carbocycles. The van der Waals surface area contributed by atoms with Gasteiger partial charge in [-0.05, 0) is 118 Å². The van der Waals surface area contributed by atoms with Gasteiger partial charge in [0.2, 0.25) is 0 Å². The predicted octanol–water partition coefficient (Wildman–Crippen LogP) is 8.06. The molecule has 0 spiro atoms.